The Morgan fingerprint density at radius 1 is 1.19 bits per heavy atom. The highest BCUT2D eigenvalue weighted by atomic mass is 35.5. The van der Waals surface area contributed by atoms with Crippen molar-refractivity contribution in [3.05, 3.63) is 52.8 Å². The Balaban J connectivity index is 1.66. The number of carbonyl (C=O) groups is 2. The normalized spacial score (nSPS) is 12.2. The highest BCUT2D eigenvalue weighted by molar-refractivity contribution is 6.30. The van der Waals surface area contributed by atoms with E-state index in [4.69, 9.17) is 16.3 Å². The lowest BCUT2D eigenvalue weighted by Gasteiger charge is -2.13. The molecule has 0 unspecified atom stereocenters. The number of nitrogens with zero attached hydrogens (tertiary/aromatic N) is 2. The average Bonchev–Trinajstić information content (AvgIpc) is 2.72. The van der Waals surface area contributed by atoms with E-state index in [2.05, 4.69) is 20.6 Å². The van der Waals surface area contributed by atoms with E-state index in [0.717, 1.165) is 6.07 Å². The fraction of sp³-hybridized carbons (Fsp3) is 0.333. The molecule has 13 heteroatoms. The summed E-state index contributed by atoms with van der Waals surface area (Å²) < 4.78 is 55.6. The molecule has 1 heterocycles. The third-order valence-electron chi connectivity index (χ3n) is 3.73. The monoisotopic (exact) mass is 464 g/mol. The predicted octanol–water partition coefficient (Wildman–Crippen LogP) is 1.96. The summed E-state index contributed by atoms with van der Waals surface area (Å²) in [5.74, 6) is -1.93. The number of amides is 2. The Kier molecular flexibility index (Phi) is 8.51. The summed E-state index contributed by atoms with van der Waals surface area (Å²) in [7, 11) is 0. The fourth-order valence-corrected chi connectivity index (χ4v) is 2.25. The van der Waals surface area contributed by atoms with E-state index in [0.29, 0.717) is 12.4 Å². The van der Waals surface area contributed by atoms with Gasteiger partial charge in [-0.05, 0) is 18.6 Å². The Labute approximate surface area is 178 Å². The van der Waals surface area contributed by atoms with E-state index in [1.54, 1.807) is 0 Å². The Morgan fingerprint density at radius 2 is 1.94 bits per heavy atom. The molecule has 2 aromatic rings. The quantitative estimate of drug-likeness (QED) is 0.489. The lowest BCUT2D eigenvalue weighted by molar-refractivity contribution is -0.141. The van der Waals surface area contributed by atoms with Gasteiger partial charge in [0.25, 0.3) is 11.8 Å². The van der Waals surface area contributed by atoms with Crippen LogP contribution in [0.3, 0.4) is 0 Å². The summed E-state index contributed by atoms with van der Waals surface area (Å²) in [5.41, 5.74) is -1.54. The molecule has 1 aromatic heterocycles. The molecular weight excluding hydrogens is 448 g/mol. The minimum Gasteiger partial charge on any atom is -0.484 e. The molecule has 1 atom stereocenters. The highest BCUT2D eigenvalue weighted by Gasteiger charge is 2.33. The molecule has 8 nitrogen and oxygen atoms in total. The van der Waals surface area contributed by atoms with Crippen LogP contribution in [-0.2, 0) is 11.0 Å². The fourth-order valence-electron chi connectivity index (χ4n) is 2.13. The minimum atomic E-state index is -4.66. The smallest absolute Gasteiger partial charge is 0.434 e. The van der Waals surface area contributed by atoms with E-state index in [1.165, 1.54) is 12.1 Å². The highest BCUT2D eigenvalue weighted by Crippen LogP contribution is 2.26. The van der Waals surface area contributed by atoms with Gasteiger partial charge < -0.3 is 20.5 Å². The van der Waals surface area contributed by atoms with Gasteiger partial charge in [-0.15, -0.1) is 0 Å². The molecule has 3 N–H and O–H groups in total. The maximum Gasteiger partial charge on any atom is 0.434 e. The molecule has 2 rings (SSSR count). The molecule has 2 amide bonds. The summed E-state index contributed by atoms with van der Waals surface area (Å²) in [4.78, 5) is 30.1. The first kappa shape index (κ1) is 24.3. The molecule has 0 radical (unpaired) electrons. The molecule has 1 aromatic carbocycles. The first-order chi connectivity index (χ1) is 14.6. The van der Waals surface area contributed by atoms with Crippen LogP contribution >= 0.6 is 11.6 Å². The summed E-state index contributed by atoms with van der Waals surface area (Å²) in [5, 5.41) is 14.5. The molecule has 0 saturated carbocycles. The van der Waals surface area contributed by atoms with Crippen LogP contribution in [0, 0.1) is 5.82 Å². The van der Waals surface area contributed by atoms with Crippen LogP contribution in [-0.4, -0.2) is 52.7 Å². The molecule has 0 aliphatic carbocycles. The van der Waals surface area contributed by atoms with Gasteiger partial charge in [0.1, 0.15) is 17.3 Å². The average molecular weight is 465 g/mol. The molecule has 0 spiro atoms. The first-order valence-corrected chi connectivity index (χ1v) is 9.14. The Hall–Kier alpha value is -2.99. The Bertz CT molecular complexity index is 912. The zero-order chi connectivity index (χ0) is 23.0. The number of aliphatic hydroxyl groups excluding tert-OH is 1. The van der Waals surface area contributed by atoms with Crippen LogP contribution in [0.2, 0.25) is 5.02 Å². The summed E-state index contributed by atoms with van der Waals surface area (Å²) in [6.45, 7) is -0.594. The lowest BCUT2D eigenvalue weighted by atomic mass is 10.2. The number of ether oxygens (including phenoxy) is 1. The number of rotatable bonds is 9. The standard InChI is InChI=1S/C18H17ClF4N4O4/c19-12-2-1-11(5-13(12)20)31-9-16(29)27-6-10(28)3-4-24-17(30)14-7-26-15(8-25-14)18(21,22)23/h1-2,5,7-8,10,28H,3-4,6,9H2,(H,24,30)(H,27,29)/t10-/m0/s1. The van der Waals surface area contributed by atoms with Crippen LogP contribution in [0.1, 0.15) is 22.6 Å². The van der Waals surface area contributed by atoms with Gasteiger partial charge in [-0.3, -0.25) is 9.59 Å². The van der Waals surface area contributed by atoms with Gasteiger partial charge in [0.15, 0.2) is 12.3 Å². The van der Waals surface area contributed by atoms with Crippen molar-refractivity contribution in [1.29, 1.82) is 0 Å². The van der Waals surface area contributed by atoms with E-state index in [1.807, 2.05) is 0 Å². The van der Waals surface area contributed by atoms with Gasteiger partial charge in [0.2, 0.25) is 0 Å². The van der Waals surface area contributed by atoms with E-state index in [-0.39, 0.29) is 36.0 Å². The number of nitrogens with one attached hydrogen (secondary N) is 2. The first-order valence-electron chi connectivity index (χ1n) is 8.76. The van der Waals surface area contributed by atoms with Crippen LogP contribution in [0.25, 0.3) is 0 Å². The van der Waals surface area contributed by atoms with E-state index < -0.39 is 42.2 Å². The molecule has 0 saturated heterocycles. The van der Waals surface area contributed by atoms with Gasteiger partial charge in [-0.25, -0.2) is 14.4 Å². The molecule has 0 aliphatic rings. The second-order valence-corrected chi connectivity index (χ2v) is 6.56. The van der Waals surface area contributed by atoms with Crippen molar-refractivity contribution in [2.75, 3.05) is 19.7 Å². The maximum atomic E-state index is 13.3. The SMILES string of the molecule is O=C(COc1ccc(Cl)c(F)c1)NC[C@@H](O)CCNC(=O)c1cnc(C(F)(F)F)cn1. The largest absolute Gasteiger partial charge is 0.484 e. The number of alkyl halides is 3. The van der Waals surface area contributed by atoms with Gasteiger partial charge in [-0.1, -0.05) is 11.6 Å². The molecule has 31 heavy (non-hydrogen) atoms. The molecular formula is C18H17ClF4N4O4. The van der Waals surface area contributed by atoms with Crippen molar-refractivity contribution >= 4 is 23.4 Å². The van der Waals surface area contributed by atoms with Crippen LogP contribution in [0.4, 0.5) is 17.6 Å². The number of aliphatic hydroxyl groups is 1. The van der Waals surface area contributed by atoms with Crippen molar-refractivity contribution in [3.63, 3.8) is 0 Å². The van der Waals surface area contributed by atoms with Gasteiger partial charge in [-0.2, -0.15) is 13.2 Å². The van der Waals surface area contributed by atoms with Gasteiger partial charge in [0.05, 0.1) is 23.5 Å². The maximum absolute atomic E-state index is 13.3. The van der Waals surface area contributed by atoms with Crippen LogP contribution in [0.15, 0.2) is 30.6 Å². The van der Waals surface area contributed by atoms with Crippen molar-refractivity contribution in [2.45, 2.75) is 18.7 Å². The summed E-state index contributed by atoms with van der Waals surface area (Å²) in [6, 6.07) is 3.68. The zero-order valence-corrected chi connectivity index (χ0v) is 16.5. The van der Waals surface area contributed by atoms with Crippen LogP contribution < -0.4 is 15.4 Å². The van der Waals surface area contributed by atoms with Gasteiger partial charge >= 0.3 is 6.18 Å². The number of aromatic nitrogens is 2. The molecule has 0 bridgehead atoms. The number of hydrogen-bond donors (Lipinski definition) is 3. The van der Waals surface area contributed by atoms with Gasteiger partial charge in [0, 0.05) is 19.2 Å². The summed E-state index contributed by atoms with van der Waals surface area (Å²) >= 11 is 5.54. The molecule has 168 valence electrons. The van der Waals surface area contributed by atoms with Crippen LogP contribution in [0.5, 0.6) is 5.75 Å². The third-order valence-corrected chi connectivity index (χ3v) is 4.04. The van der Waals surface area contributed by atoms with Crippen molar-refractivity contribution in [2.24, 2.45) is 0 Å². The third kappa shape index (κ3) is 7.98. The predicted molar refractivity (Wildman–Crippen MR) is 99.9 cm³/mol. The topological polar surface area (TPSA) is 113 Å². The summed E-state index contributed by atoms with van der Waals surface area (Å²) in [6.07, 6.45) is -4.49. The molecule has 0 fully saturated rings. The van der Waals surface area contributed by atoms with E-state index >= 15 is 0 Å². The number of hydrogen-bond acceptors (Lipinski definition) is 6. The number of halogens is 5. The lowest BCUT2D eigenvalue weighted by Crippen LogP contribution is -2.37. The van der Waals surface area contributed by atoms with Crippen molar-refractivity contribution in [1.82, 2.24) is 20.6 Å². The molecule has 0 aliphatic heterocycles. The second-order valence-electron chi connectivity index (χ2n) is 6.15. The minimum absolute atomic E-state index is 0.0286. The zero-order valence-electron chi connectivity index (χ0n) is 15.7. The second kappa shape index (κ2) is 10.9. The number of benzene rings is 1. The van der Waals surface area contributed by atoms with E-state index in [9.17, 15) is 32.3 Å². The van der Waals surface area contributed by atoms with Crippen molar-refractivity contribution < 1.29 is 37.0 Å². The Morgan fingerprint density at radius 3 is 2.55 bits per heavy atom. The number of carbonyl (C=O) groups excluding carboxylic acids is 2. The van der Waals surface area contributed by atoms with Crippen molar-refractivity contribution in [3.8, 4) is 5.75 Å².